The molecule has 3 aromatic carbocycles. The number of benzene rings is 3. The van der Waals surface area contributed by atoms with Crippen LogP contribution < -0.4 is 14.8 Å². The molecular weight excluding hydrogens is 472 g/mol. The van der Waals surface area contributed by atoms with Crippen LogP contribution in [0, 0.1) is 18.3 Å². The molecule has 0 saturated heterocycles. The van der Waals surface area contributed by atoms with Crippen molar-refractivity contribution in [3.8, 4) is 40.0 Å². The Morgan fingerprint density at radius 1 is 0.865 bits per heavy atom. The Bertz CT molecular complexity index is 1450. The molecule has 1 amide bonds. The molecular formula is C29H24N2O6. The number of rotatable bonds is 8. The van der Waals surface area contributed by atoms with Gasteiger partial charge in [-0.15, -0.1) is 0 Å². The molecule has 0 radical (unpaired) electrons. The van der Waals surface area contributed by atoms with Gasteiger partial charge in [0.1, 0.15) is 28.9 Å². The topological polar surface area (TPSA) is 111 Å². The fourth-order valence-corrected chi connectivity index (χ4v) is 3.67. The molecule has 1 aromatic heterocycles. The van der Waals surface area contributed by atoms with Gasteiger partial charge in [-0.3, -0.25) is 10.1 Å². The molecule has 0 unspecified atom stereocenters. The minimum Gasteiger partial charge on any atom is -0.497 e. The van der Waals surface area contributed by atoms with Crippen LogP contribution in [0.5, 0.6) is 11.5 Å². The lowest BCUT2D eigenvalue weighted by atomic mass is 9.98. The Morgan fingerprint density at radius 2 is 1.43 bits per heavy atom. The summed E-state index contributed by atoms with van der Waals surface area (Å²) in [5.41, 5.74) is 3.33. The minimum absolute atomic E-state index is 0.0458. The monoisotopic (exact) mass is 496 g/mol. The van der Waals surface area contributed by atoms with Crippen LogP contribution in [0.1, 0.15) is 21.5 Å². The zero-order chi connectivity index (χ0) is 26.4. The van der Waals surface area contributed by atoms with Crippen molar-refractivity contribution in [1.82, 2.24) is 0 Å². The van der Waals surface area contributed by atoms with E-state index in [1.165, 1.54) is 0 Å². The number of carbonyl (C=O) groups is 2. The number of nitrogens with zero attached hydrogens (tertiary/aromatic N) is 1. The van der Waals surface area contributed by atoms with Crippen molar-refractivity contribution in [2.24, 2.45) is 0 Å². The predicted molar refractivity (Wildman–Crippen MR) is 137 cm³/mol. The average Bonchev–Trinajstić information content (AvgIpc) is 3.30. The number of methoxy groups -OCH3 is 2. The number of anilines is 1. The summed E-state index contributed by atoms with van der Waals surface area (Å²) in [4.78, 5) is 24.9. The molecule has 0 fully saturated rings. The van der Waals surface area contributed by atoms with E-state index in [0.717, 1.165) is 5.56 Å². The van der Waals surface area contributed by atoms with Crippen molar-refractivity contribution in [3.05, 3.63) is 89.5 Å². The number of aryl methyl sites for hydroxylation is 1. The van der Waals surface area contributed by atoms with Crippen LogP contribution >= 0.6 is 0 Å². The van der Waals surface area contributed by atoms with Gasteiger partial charge in [-0.05, 0) is 61.0 Å². The van der Waals surface area contributed by atoms with Crippen molar-refractivity contribution < 1.29 is 28.2 Å². The van der Waals surface area contributed by atoms with E-state index in [1.54, 1.807) is 87.0 Å². The van der Waals surface area contributed by atoms with Crippen LogP contribution in [0.25, 0.3) is 22.5 Å². The fraction of sp³-hybridized carbons (Fsp3) is 0.138. The third-order valence-corrected chi connectivity index (χ3v) is 5.63. The maximum Gasteiger partial charge on any atom is 0.338 e. The van der Waals surface area contributed by atoms with Crippen LogP contribution in [-0.2, 0) is 9.53 Å². The number of ether oxygens (including phenoxy) is 3. The second-order valence-electron chi connectivity index (χ2n) is 8.07. The lowest BCUT2D eigenvalue weighted by molar-refractivity contribution is -0.119. The van der Waals surface area contributed by atoms with Gasteiger partial charge < -0.3 is 18.6 Å². The summed E-state index contributed by atoms with van der Waals surface area (Å²) < 4.78 is 21.6. The standard InChI is InChI=1S/C29H24N2O6/c1-18-4-6-21(7-5-18)29(33)36-17-25(32)31-28-24(16-30)26(19-8-12-22(34-2)13-9-19)27(37-28)20-10-14-23(35-3)15-11-20/h4-15H,17H2,1-3H3,(H,31,32). The normalized spacial score (nSPS) is 10.3. The number of nitrogens with one attached hydrogen (secondary N) is 1. The smallest absolute Gasteiger partial charge is 0.338 e. The summed E-state index contributed by atoms with van der Waals surface area (Å²) >= 11 is 0. The largest absolute Gasteiger partial charge is 0.497 e. The highest BCUT2D eigenvalue weighted by atomic mass is 16.5. The van der Waals surface area contributed by atoms with Gasteiger partial charge in [0.2, 0.25) is 5.88 Å². The molecule has 0 aliphatic rings. The first-order chi connectivity index (χ1) is 17.9. The highest BCUT2D eigenvalue weighted by molar-refractivity contribution is 5.98. The number of nitriles is 1. The van der Waals surface area contributed by atoms with Gasteiger partial charge in [0, 0.05) is 11.1 Å². The van der Waals surface area contributed by atoms with Crippen LogP contribution in [-0.4, -0.2) is 32.7 Å². The van der Waals surface area contributed by atoms with Crippen molar-refractivity contribution in [1.29, 1.82) is 5.26 Å². The Hall–Kier alpha value is -5.03. The zero-order valence-electron chi connectivity index (χ0n) is 20.5. The summed E-state index contributed by atoms with van der Waals surface area (Å²) in [6, 6.07) is 23.2. The molecule has 1 N–H and O–H groups in total. The van der Waals surface area contributed by atoms with Crippen LogP contribution in [0.2, 0.25) is 0 Å². The van der Waals surface area contributed by atoms with Gasteiger partial charge in [-0.2, -0.15) is 5.26 Å². The molecule has 37 heavy (non-hydrogen) atoms. The van der Waals surface area contributed by atoms with Crippen LogP contribution in [0.4, 0.5) is 5.88 Å². The first-order valence-electron chi connectivity index (χ1n) is 11.3. The molecule has 1 heterocycles. The summed E-state index contributed by atoms with van der Waals surface area (Å²) in [6.07, 6.45) is 0. The fourth-order valence-electron chi connectivity index (χ4n) is 3.67. The first kappa shape index (κ1) is 25.1. The molecule has 0 saturated carbocycles. The molecule has 186 valence electrons. The van der Waals surface area contributed by atoms with Crippen molar-refractivity contribution >= 4 is 17.8 Å². The van der Waals surface area contributed by atoms with E-state index in [0.29, 0.717) is 39.5 Å². The molecule has 0 aliphatic carbocycles. The number of hydrogen-bond donors (Lipinski definition) is 1. The third-order valence-electron chi connectivity index (χ3n) is 5.63. The van der Waals surface area contributed by atoms with E-state index in [-0.39, 0.29) is 11.4 Å². The summed E-state index contributed by atoms with van der Waals surface area (Å²) in [5, 5.41) is 12.6. The minimum atomic E-state index is -0.645. The third kappa shape index (κ3) is 5.63. The maximum absolute atomic E-state index is 12.6. The lowest BCUT2D eigenvalue weighted by Crippen LogP contribution is -2.21. The van der Waals surface area contributed by atoms with Gasteiger partial charge in [0.05, 0.1) is 19.8 Å². The van der Waals surface area contributed by atoms with E-state index in [4.69, 9.17) is 18.6 Å². The zero-order valence-corrected chi connectivity index (χ0v) is 20.5. The Kier molecular flexibility index (Phi) is 7.55. The van der Waals surface area contributed by atoms with Gasteiger partial charge in [0.25, 0.3) is 5.91 Å². The maximum atomic E-state index is 12.6. The second kappa shape index (κ2) is 11.1. The number of carbonyl (C=O) groups excluding carboxylic acids is 2. The van der Waals surface area contributed by atoms with Crippen LogP contribution in [0.15, 0.2) is 77.2 Å². The Labute approximate surface area is 214 Å². The van der Waals surface area contributed by atoms with Gasteiger partial charge in [-0.1, -0.05) is 29.8 Å². The lowest BCUT2D eigenvalue weighted by Gasteiger charge is -2.06. The van der Waals surface area contributed by atoms with Gasteiger partial charge >= 0.3 is 5.97 Å². The molecule has 0 spiro atoms. The quantitative estimate of drug-likeness (QED) is 0.316. The van der Waals surface area contributed by atoms with Crippen molar-refractivity contribution in [3.63, 3.8) is 0 Å². The molecule has 4 rings (SSSR count). The number of furan rings is 1. The van der Waals surface area contributed by atoms with Crippen molar-refractivity contribution in [2.45, 2.75) is 6.92 Å². The van der Waals surface area contributed by atoms with Crippen molar-refractivity contribution in [2.75, 3.05) is 26.1 Å². The first-order valence-corrected chi connectivity index (χ1v) is 11.3. The van der Waals surface area contributed by atoms with E-state index in [1.807, 2.05) is 6.92 Å². The highest BCUT2D eigenvalue weighted by Crippen LogP contribution is 2.42. The van der Waals surface area contributed by atoms with E-state index in [2.05, 4.69) is 11.4 Å². The summed E-state index contributed by atoms with van der Waals surface area (Å²) in [6.45, 7) is 1.35. The predicted octanol–water partition coefficient (Wildman–Crippen LogP) is 5.61. The van der Waals surface area contributed by atoms with Crippen LogP contribution in [0.3, 0.4) is 0 Å². The molecule has 4 aromatic rings. The molecule has 0 atom stereocenters. The second-order valence-corrected chi connectivity index (χ2v) is 8.07. The molecule has 8 nitrogen and oxygen atoms in total. The van der Waals surface area contributed by atoms with E-state index in [9.17, 15) is 14.9 Å². The van der Waals surface area contributed by atoms with Gasteiger partial charge in [0.15, 0.2) is 6.61 Å². The number of hydrogen-bond acceptors (Lipinski definition) is 7. The number of esters is 1. The highest BCUT2D eigenvalue weighted by Gasteiger charge is 2.25. The SMILES string of the molecule is COc1ccc(-c2oc(NC(=O)COC(=O)c3ccc(C)cc3)c(C#N)c2-c2ccc(OC)cc2)cc1. The molecule has 0 bridgehead atoms. The average molecular weight is 497 g/mol. The Morgan fingerprint density at radius 3 is 1.97 bits per heavy atom. The Balaban J connectivity index is 1.63. The van der Waals surface area contributed by atoms with Gasteiger partial charge in [-0.25, -0.2) is 4.79 Å². The molecule has 8 heteroatoms. The summed E-state index contributed by atoms with van der Waals surface area (Å²) in [5.74, 6) is 0.374. The molecule has 0 aliphatic heterocycles. The van der Waals surface area contributed by atoms with E-state index >= 15 is 0 Å². The van der Waals surface area contributed by atoms with E-state index < -0.39 is 18.5 Å². The summed E-state index contributed by atoms with van der Waals surface area (Å²) in [7, 11) is 3.13. The number of amides is 1.